The van der Waals surface area contributed by atoms with Crippen LogP contribution < -0.4 is 11.1 Å². The van der Waals surface area contributed by atoms with E-state index in [-0.39, 0.29) is 22.6 Å². The van der Waals surface area contributed by atoms with Crippen LogP contribution in [0.1, 0.15) is 17.0 Å². The average molecular weight is 426 g/mol. The lowest BCUT2D eigenvalue weighted by molar-refractivity contribution is 1.11. The first kappa shape index (κ1) is 17.6. The van der Waals surface area contributed by atoms with Crippen molar-refractivity contribution >= 4 is 54.6 Å². The fourth-order valence-electron chi connectivity index (χ4n) is 5.02. The van der Waals surface area contributed by atoms with E-state index in [0.717, 1.165) is 16.5 Å². The van der Waals surface area contributed by atoms with E-state index in [1.165, 1.54) is 4.40 Å². The Morgan fingerprint density at radius 3 is 2.00 bits per heavy atom. The van der Waals surface area contributed by atoms with E-state index in [1.807, 2.05) is 37.3 Å². The predicted molar refractivity (Wildman–Crippen MR) is 123 cm³/mol. The molecular weight excluding hydrogens is 416 g/mol. The Balaban J connectivity index is 1.83. The van der Waals surface area contributed by atoms with Gasteiger partial charge < -0.3 is 0 Å². The van der Waals surface area contributed by atoms with E-state index in [1.54, 1.807) is 28.7 Å². The van der Waals surface area contributed by atoms with Crippen LogP contribution in [0.2, 0.25) is 0 Å². The number of aromatic nitrogens is 4. The molecule has 0 aliphatic rings. The average Bonchev–Trinajstić information content (AvgIpc) is 3.39. The second-order valence-corrected chi connectivity index (χ2v) is 8.14. The molecule has 0 saturated heterocycles. The van der Waals surface area contributed by atoms with Gasteiger partial charge in [0, 0.05) is 32.3 Å². The largest absolute Gasteiger partial charge is 0.268 e. The van der Waals surface area contributed by atoms with Gasteiger partial charge in [-0.2, -0.15) is 10.5 Å². The zero-order valence-corrected chi connectivity index (χ0v) is 17.0. The van der Waals surface area contributed by atoms with Gasteiger partial charge >= 0.3 is 0 Å². The predicted octanol–water partition coefficient (Wildman–Crippen LogP) is 3.24. The van der Waals surface area contributed by atoms with Gasteiger partial charge in [-0.25, -0.2) is 14.4 Å². The first-order valence-electron chi connectivity index (χ1n) is 10.2. The molecule has 0 fully saturated rings. The molecule has 0 N–H and O–H groups in total. The van der Waals surface area contributed by atoms with Crippen LogP contribution in [0.4, 0.5) is 0 Å². The lowest BCUT2D eigenvalue weighted by atomic mass is 9.96. The molecule has 0 aliphatic heterocycles. The molecule has 0 saturated carbocycles. The van der Waals surface area contributed by atoms with Crippen molar-refractivity contribution in [1.29, 1.82) is 10.5 Å². The van der Waals surface area contributed by atoms with Gasteiger partial charge in [0.05, 0.1) is 11.0 Å². The number of nitriles is 2. The number of imidazole rings is 2. The third kappa shape index (κ3) is 1.90. The van der Waals surface area contributed by atoms with Crippen molar-refractivity contribution in [1.82, 2.24) is 18.8 Å². The standard InChI is InChI=1S/C25H10N6O2/c1-11-2-7-16-18(8-11)30-22(28-16)12-3-6-15-21-13(4-5-14(20(12)21)24(30)32)23-29-17(9-26)19(10-27)31(23)25(15)33/h2-8H,1H3. The Hall–Kier alpha value is -5.08. The van der Waals surface area contributed by atoms with Crippen LogP contribution in [-0.4, -0.2) is 18.8 Å². The van der Waals surface area contributed by atoms with Crippen molar-refractivity contribution in [2.45, 2.75) is 6.92 Å². The lowest BCUT2D eigenvalue weighted by Crippen LogP contribution is -2.17. The van der Waals surface area contributed by atoms with Crippen molar-refractivity contribution in [3.8, 4) is 12.1 Å². The van der Waals surface area contributed by atoms with E-state index in [9.17, 15) is 20.1 Å². The molecule has 0 radical (unpaired) electrons. The molecule has 3 aromatic carbocycles. The molecule has 152 valence electrons. The van der Waals surface area contributed by atoms with Gasteiger partial charge in [-0.3, -0.25) is 14.0 Å². The molecule has 0 unspecified atom stereocenters. The highest BCUT2D eigenvalue weighted by atomic mass is 16.1. The summed E-state index contributed by atoms with van der Waals surface area (Å²) in [5.74, 6) is 0. The lowest BCUT2D eigenvalue weighted by Gasteiger charge is -2.12. The maximum absolute atomic E-state index is 13.6. The molecule has 0 bridgehead atoms. The third-order valence-corrected chi connectivity index (χ3v) is 6.41. The highest BCUT2D eigenvalue weighted by Crippen LogP contribution is 2.36. The topological polar surface area (TPSA) is 116 Å². The summed E-state index contributed by atoms with van der Waals surface area (Å²) in [5.41, 5.74) is 2.35. The summed E-state index contributed by atoms with van der Waals surface area (Å²) in [6.07, 6.45) is 0. The molecule has 4 aromatic heterocycles. The molecule has 4 heterocycles. The summed E-state index contributed by atoms with van der Waals surface area (Å²) in [6.45, 7) is 1.96. The highest BCUT2D eigenvalue weighted by molar-refractivity contribution is 6.27. The molecule has 0 atom stereocenters. The molecule has 8 heteroatoms. The SMILES string of the molecule is Cc1ccc2nc3c4ccc5c(=O)n6c(C#N)c(C#N)nc6c6ccc(c(=O)n3c2c1)c4c56. The van der Waals surface area contributed by atoms with Crippen LogP contribution >= 0.6 is 0 Å². The summed E-state index contributed by atoms with van der Waals surface area (Å²) >= 11 is 0. The maximum Gasteiger partial charge on any atom is 0.265 e. The number of nitrogens with zero attached hydrogens (tertiary/aromatic N) is 6. The molecule has 0 spiro atoms. The number of rotatable bonds is 0. The van der Waals surface area contributed by atoms with Crippen molar-refractivity contribution < 1.29 is 0 Å². The zero-order valence-electron chi connectivity index (χ0n) is 17.0. The Morgan fingerprint density at radius 1 is 0.758 bits per heavy atom. The van der Waals surface area contributed by atoms with Crippen molar-refractivity contribution in [3.63, 3.8) is 0 Å². The van der Waals surface area contributed by atoms with Gasteiger partial charge in [-0.1, -0.05) is 6.07 Å². The minimum atomic E-state index is -0.450. The van der Waals surface area contributed by atoms with Crippen molar-refractivity contribution in [3.05, 3.63) is 80.1 Å². The van der Waals surface area contributed by atoms with E-state index < -0.39 is 5.56 Å². The molecular formula is C25H10N6O2. The van der Waals surface area contributed by atoms with Gasteiger partial charge in [0.15, 0.2) is 11.4 Å². The molecule has 7 aromatic rings. The second-order valence-electron chi connectivity index (χ2n) is 8.14. The molecule has 0 amide bonds. The van der Waals surface area contributed by atoms with Crippen molar-refractivity contribution in [2.24, 2.45) is 0 Å². The van der Waals surface area contributed by atoms with E-state index in [4.69, 9.17) is 4.98 Å². The van der Waals surface area contributed by atoms with Gasteiger partial charge in [-0.05, 0) is 48.9 Å². The molecule has 7 rings (SSSR count). The number of pyridine rings is 2. The van der Waals surface area contributed by atoms with Gasteiger partial charge in [0.25, 0.3) is 11.1 Å². The first-order valence-corrected chi connectivity index (χ1v) is 10.2. The second kappa shape index (κ2) is 5.58. The Morgan fingerprint density at radius 2 is 1.36 bits per heavy atom. The first-order chi connectivity index (χ1) is 16.0. The third-order valence-electron chi connectivity index (χ3n) is 6.41. The van der Waals surface area contributed by atoms with E-state index in [0.29, 0.717) is 38.1 Å². The van der Waals surface area contributed by atoms with Gasteiger partial charge in [0.1, 0.15) is 23.4 Å². The van der Waals surface area contributed by atoms with Crippen LogP contribution in [0.3, 0.4) is 0 Å². The summed E-state index contributed by atoms with van der Waals surface area (Å²) in [4.78, 5) is 36.0. The zero-order chi connectivity index (χ0) is 22.6. The number of benzene rings is 3. The number of aryl methyl sites for hydroxylation is 1. The van der Waals surface area contributed by atoms with E-state index >= 15 is 0 Å². The Labute approximate surface area is 183 Å². The summed E-state index contributed by atoms with van der Waals surface area (Å²) in [7, 11) is 0. The number of fused-ring (bicyclic) bond motifs is 6. The maximum atomic E-state index is 13.6. The molecule has 0 aliphatic carbocycles. The minimum Gasteiger partial charge on any atom is -0.268 e. The Kier molecular flexibility index (Phi) is 2.97. The Bertz CT molecular complexity index is 2210. The monoisotopic (exact) mass is 426 g/mol. The molecule has 33 heavy (non-hydrogen) atoms. The summed E-state index contributed by atoms with van der Waals surface area (Å²) in [6, 6.07) is 16.5. The highest BCUT2D eigenvalue weighted by Gasteiger charge is 2.23. The van der Waals surface area contributed by atoms with Crippen LogP contribution in [0.25, 0.3) is 54.6 Å². The van der Waals surface area contributed by atoms with Crippen LogP contribution in [0.5, 0.6) is 0 Å². The quantitative estimate of drug-likeness (QED) is 0.344. The fraction of sp³-hybridized carbons (Fsp3) is 0.0400. The molecule has 8 nitrogen and oxygen atoms in total. The normalized spacial score (nSPS) is 12.0. The van der Waals surface area contributed by atoms with Gasteiger partial charge in [0.2, 0.25) is 0 Å². The summed E-state index contributed by atoms with van der Waals surface area (Å²) < 4.78 is 2.80. The van der Waals surface area contributed by atoms with Crippen molar-refractivity contribution in [2.75, 3.05) is 0 Å². The fourth-order valence-corrected chi connectivity index (χ4v) is 5.02. The summed E-state index contributed by atoms with van der Waals surface area (Å²) in [5, 5.41) is 22.3. The van der Waals surface area contributed by atoms with Gasteiger partial charge in [-0.15, -0.1) is 0 Å². The minimum absolute atomic E-state index is 0.0928. The van der Waals surface area contributed by atoms with Crippen LogP contribution in [0.15, 0.2) is 52.1 Å². The number of hydrogen-bond donors (Lipinski definition) is 0. The smallest absolute Gasteiger partial charge is 0.265 e. The van der Waals surface area contributed by atoms with Crippen LogP contribution in [-0.2, 0) is 0 Å². The van der Waals surface area contributed by atoms with E-state index in [2.05, 4.69) is 4.98 Å². The van der Waals surface area contributed by atoms with Crippen LogP contribution in [0, 0.1) is 29.6 Å². The number of hydrogen-bond acceptors (Lipinski definition) is 6.